The molecule has 1 heterocycles. The van der Waals surface area contributed by atoms with Gasteiger partial charge >= 0.3 is 0 Å². The molecule has 1 saturated heterocycles. The van der Waals surface area contributed by atoms with Gasteiger partial charge in [-0.25, -0.2) is 0 Å². The second-order valence-corrected chi connectivity index (χ2v) is 7.38. The highest BCUT2D eigenvalue weighted by atomic mass is 35.5. The van der Waals surface area contributed by atoms with Crippen molar-refractivity contribution < 1.29 is 9.53 Å². The predicted molar refractivity (Wildman–Crippen MR) is 104 cm³/mol. The number of halogens is 1. The third kappa shape index (κ3) is 4.29. The van der Waals surface area contributed by atoms with Crippen molar-refractivity contribution in [1.82, 2.24) is 10.6 Å². The number of aryl methyl sites for hydroxylation is 1. The Kier molecular flexibility index (Phi) is 7.14. The Morgan fingerprint density at radius 3 is 2.76 bits per heavy atom. The van der Waals surface area contributed by atoms with Gasteiger partial charge in [0.25, 0.3) is 0 Å². The maximum atomic E-state index is 13.1. The molecule has 1 atom stereocenters. The van der Waals surface area contributed by atoms with E-state index >= 15 is 0 Å². The largest absolute Gasteiger partial charge is 0.496 e. The Morgan fingerprint density at radius 1 is 1.36 bits per heavy atom. The van der Waals surface area contributed by atoms with E-state index in [1.165, 1.54) is 6.42 Å². The molecule has 5 heteroatoms. The zero-order valence-corrected chi connectivity index (χ0v) is 16.2. The van der Waals surface area contributed by atoms with E-state index in [2.05, 4.69) is 28.8 Å². The second-order valence-electron chi connectivity index (χ2n) is 7.38. The topological polar surface area (TPSA) is 50.4 Å². The van der Waals surface area contributed by atoms with Crippen molar-refractivity contribution in [3.05, 3.63) is 29.3 Å². The summed E-state index contributed by atoms with van der Waals surface area (Å²) in [6.07, 6.45) is 6.43. The maximum Gasteiger partial charge on any atom is 0.230 e. The molecule has 0 bridgehead atoms. The van der Waals surface area contributed by atoms with Crippen LogP contribution in [0.4, 0.5) is 0 Å². The van der Waals surface area contributed by atoms with Gasteiger partial charge in [-0.3, -0.25) is 4.79 Å². The first-order chi connectivity index (χ1) is 11.7. The van der Waals surface area contributed by atoms with Gasteiger partial charge in [0, 0.05) is 6.54 Å². The van der Waals surface area contributed by atoms with Crippen LogP contribution in [0.3, 0.4) is 0 Å². The Balaban J connectivity index is 0.00000225. The van der Waals surface area contributed by atoms with E-state index in [0.29, 0.717) is 5.92 Å². The lowest BCUT2D eigenvalue weighted by Crippen LogP contribution is -2.43. The monoisotopic (exact) mass is 366 g/mol. The maximum absolute atomic E-state index is 13.1. The molecule has 1 aromatic carbocycles. The number of ether oxygens (including phenoxy) is 1. The predicted octanol–water partition coefficient (Wildman–Crippen LogP) is 3.35. The van der Waals surface area contributed by atoms with Crippen molar-refractivity contribution >= 4 is 18.3 Å². The van der Waals surface area contributed by atoms with Crippen molar-refractivity contribution in [3.63, 3.8) is 0 Å². The van der Waals surface area contributed by atoms with Crippen molar-refractivity contribution in [2.24, 2.45) is 5.92 Å². The third-order valence-corrected chi connectivity index (χ3v) is 5.85. The zero-order valence-electron chi connectivity index (χ0n) is 15.4. The highest BCUT2D eigenvalue weighted by Crippen LogP contribution is 2.42. The van der Waals surface area contributed by atoms with Gasteiger partial charge in [-0.1, -0.05) is 25.0 Å². The third-order valence-electron chi connectivity index (χ3n) is 5.85. The molecule has 4 nitrogen and oxygen atoms in total. The fourth-order valence-corrected chi connectivity index (χ4v) is 4.26. The van der Waals surface area contributed by atoms with Gasteiger partial charge in [-0.2, -0.15) is 0 Å². The van der Waals surface area contributed by atoms with Gasteiger partial charge < -0.3 is 15.4 Å². The van der Waals surface area contributed by atoms with Crippen LogP contribution in [0.25, 0.3) is 0 Å². The molecular weight excluding hydrogens is 336 g/mol. The van der Waals surface area contributed by atoms with Crippen molar-refractivity contribution in [3.8, 4) is 5.75 Å². The van der Waals surface area contributed by atoms with Crippen LogP contribution < -0.4 is 15.4 Å². The lowest BCUT2D eigenvalue weighted by Gasteiger charge is -2.29. The lowest BCUT2D eigenvalue weighted by atomic mass is 9.77. The van der Waals surface area contributed by atoms with E-state index in [9.17, 15) is 4.79 Å². The number of methoxy groups -OCH3 is 1. The molecule has 3 rings (SSSR count). The first kappa shape index (κ1) is 20.1. The van der Waals surface area contributed by atoms with Gasteiger partial charge in [0.15, 0.2) is 0 Å². The van der Waals surface area contributed by atoms with Crippen molar-refractivity contribution in [2.75, 3.05) is 26.7 Å². The number of benzene rings is 1. The summed E-state index contributed by atoms with van der Waals surface area (Å²) in [6.45, 7) is 5.04. The standard InChI is InChI=1S/C20H30N2O2.ClH/c1-15-5-6-17(13-18(15)24-2)20(9-3-4-10-20)19(23)22-12-8-16-7-11-21-14-16;/h5-6,13,16,21H,3-4,7-12,14H2,1-2H3,(H,22,23);1H. The molecule has 1 amide bonds. The number of hydrogen-bond donors (Lipinski definition) is 2. The molecule has 1 saturated carbocycles. The van der Waals surface area contributed by atoms with Crippen LogP contribution in [0, 0.1) is 12.8 Å². The smallest absolute Gasteiger partial charge is 0.230 e. The zero-order chi connectivity index (χ0) is 17.0. The van der Waals surface area contributed by atoms with Crippen LogP contribution in [-0.4, -0.2) is 32.7 Å². The molecule has 2 fully saturated rings. The fraction of sp³-hybridized carbons (Fsp3) is 0.650. The number of nitrogens with one attached hydrogen (secondary N) is 2. The quantitative estimate of drug-likeness (QED) is 0.811. The molecule has 1 unspecified atom stereocenters. The average molecular weight is 367 g/mol. The molecular formula is C20H31ClN2O2. The first-order valence-corrected chi connectivity index (χ1v) is 9.30. The van der Waals surface area contributed by atoms with Gasteiger partial charge in [-0.15, -0.1) is 12.4 Å². The molecule has 0 aromatic heterocycles. The summed E-state index contributed by atoms with van der Waals surface area (Å²) in [5.41, 5.74) is 1.86. The van der Waals surface area contributed by atoms with Gasteiger partial charge in [0.2, 0.25) is 5.91 Å². The summed E-state index contributed by atoms with van der Waals surface area (Å²) in [5.74, 6) is 1.80. The molecule has 1 aromatic rings. The number of carbonyl (C=O) groups excluding carboxylic acids is 1. The van der Waals surface area contributed by atoms with Crippen LogP contribution in [0.2, 0.25) is 0 Å². The molecule has 0 spiro atoms. The van der Waals surface area contributed by atoms with E-state index in [0.717, 1.165) is 68.6 Å². The van der Waals surface area contributed by atoms with Crippen LogP contribution in [-0.2, 0) is 10.2 Å². The second kappa shape index (κ2) is 8.91. The summed E-state index contributed by atoms with van der Waals surface area (Å²) in [6, 6.07) is 6.26. The van der Waals surface area contributed by atoms with E-state index < -0.39 is 0 Å². The number of carbonyl (C=O) groups is 1. The van der Waals surface area contributed by atoms with Gasteiger partial charge in [-0.05, 0) is 68.8 Å². The summed E-state index contributed by atoms with van der Waals surface area (Å²) in [5, 5.41) is 6.63. The number of hydrogen-bond acceptors (Lipinski definition) is 3. The average Bonchev–Trinajstić information content (AvgIpc) is 3.27. The van der Waals surface area contributed by atoms with Crippen LogP contribution in [0.15, 0.2) is 18.2 Å². The van der Waals surface area contributed by atoms with Crippen LogP contribution >= 0.6 is 12.4 Å². The lowest BCUT2D eigenvalue weighted by molar-refractivity contribution is -0.126. The Morgan fingerprint density at radius 2 is 2.12 bits per heavy atom. The SMILES string of the molecule is COc1cc(C2(C(=O)NCCC3CCNC3)CCCC2)ccc1C.Cl. The van der Waals surface area contributed by atoms with E-state index in [4.69, 9.17) is 4.74 Å². The van der Waals surface area contributed by atoms with Crippen LogP contribution in [0.5, 0.6) is 5.75 Å². The minimum atomic E-state index is -0.366. The summed E-state index contributed by atoms with van der Waals surface area (Å²) < 4.78 is 5.48. The number of amides is 1. The molecule has 2 N–H and O–H groups in total. The summed E-state index contributed by atoms with van der Waals surface area (Å²) in [7, 11) is 1.70. The van der Waals surface area contributed by atoms with E-state index in [1.807, 2.05) is 6.92 Å². The summed E-state index contributed by atoms with van der Waals surface area (Å²) in [4.78, 5) is 13.1. The van der Waals surface area contributed by atoms with E-state index in [-0.39, 0.29) is 23.7 Å². The van der Waals surface area contributed by atoms with Crippen molar-refractivity contribution in [2.45, 2.75) is 50.9 Å². The molecule has 0 radical (unpaired) electrons. The first-order valence-electron chi connectivity index (χ1n) is 9.30. The minimum absolute atomic E-state index is 0. The Hall–Kier alpha value is -1.26. The number of rotatable bonds is 6. The van der Waals surface area contributed by atoms with Gasteiger partial charge in [0.1, 0.15) is 5.75 Å². The minimum Gasteiger partial charge on any atom is -0.496 e. The fourth-order valence-electron chi connectivity index (χ4n) is 4.26. The summed E-state index contributed by atoms with van der Waals surface area (Å²) >= 11 is 0. The molecule has 1 aliphatic carbocycles. The van der Waals surface area contributed by atoms with E-state index in [1.54, 1.807) is 7.11 Å². The molecule has 2 aliphatic rings. The normalized spacial score (nSPS) is 21.6. The van der Waals surface area contributed by atoms with Crippen LogP contribution in [0.1, 0.15) is 49.7 Å². The highest BCUT2D eigenvalue weighted by molar-refractivity contribution is 5.88. The molecule has 1 aliphatic heterocycles. The van der Waals surface area contributed by atoms with Crippen molar-refractivity contribution in [1.29, 1.82) is 0 Å². The van der Waals surface area contributed by atoms with Gasteiger partial charge in [0.05, 0.1) is 12.5 Å². The Labute approximate surface area is 157 Å². The molecule has 140 valence electrons. The molecule has 25 heavy (non-hydrogen) atoms. The highest BCUT2D eigenvalue weighted by Gasteiger charge is 2.42. The Bertz CT molecular complexity index is 579.